The maximum Gasteiger partial charge on any atom is 0.240 e. The van der Waals surface area contributed by atoms with Gasteiger partial charge in [0.15, 0.2) is 0 Å². The number of aliphatic hydroxyl groups is 1. The number of sulfonamides is 1. The molecule has 0 bridgehead atoms. The van der Waals surface area contributed by atoms with Gasteiger partial charge in [-0.2, -0.15) is 0 Å². The zero-order valence-corrected chi connectivity index (χ0v) is 12.7. The number of rotatable bonds is 4. The molecule has 1 aromatic carbocycles. The Kier molecular flexibility index (Phi) is 4.83. The molecule has 0 spiro atoms. The Balaban J connectivity index is 2.05. The predicted octanol–water partition coefficient (Wildman–Crippen LogP) is 2.36. The van der Waals surface area contributed by atoms with Gasteiger partial charge in [0.2, 0.25) is 10.0 Å². The van der Waals surface area contributed by atoms with E-state index in [4.69, 9.17) is 0 Å². The van der Waals surface area contributed by atoms with Crippen LogP contribution in [-0.2, 0) is 10.0 Å². The summed E-state index contributed by atoms with van der Waals surface area (Å²) in [4.78, 5) is 0.259. The highest BCUT2D eigenvalue weighted by Crippen LogP contribution is 2.26. The maximum absolute atomic E-state index is 12.2. The number of hydrogen-bond acceptors (Lipinski definition) is 3. The summed E-state index contributed by atoms with van der Waals surface area (Å²) >= 11 is 0. The van der Waals surface area contributed by atoms with E-state index in [0.717, 1.165) is 31.2 Å². The molecular formula is C15H23NO3S. The molecule has 0 amide bonds. The van der Waals surface area contributed by atoms with Crippen LogP contribution >= 0.6 is 0 Å². The van der Waals surface area contributed by atoms with Crippen LogP contribution in [0.15, 0.2) is 29.2 Å². The number of hydrogen-bond donors (Lipinski definition) is 2. The fraction of sp³-hybridized carbons (Fsp3) is 0.600. The van der Waals surface area contributed by atoms with Crippen molar-refractivity contribution in [3.63, 3.8) is 0 Å². The fourth-order valence-corrected chi connectivity index (χ4v) is 3.88. The third kappa shape index (κ3) is 4.04. The zero-order valence-electron chi connectivity index (χ0n) is 11.9. The standard InChI is InChI=1S/C15H23NO3S/c1-13-7-6-8-14(11-13)20(18,19)16-12-15(17)9-4-2-3-5-10-15/h6-8,11,16-17H,2-5,9-10,12H2,1H3. The zero-order chi connectivity index (χ0) is 14.6. The Labute approximate surface area is 121 Å². The molecule has 0 radical (unpaired) electrons. The molecule has 0 saturated heterocycles. The first-order chi connectivity index (χ1) is 9.41. The first kappa shape index (κ1) is 15.5. The van der Waals surface area contributed by atoms with Crippen molar-refractivity contribution in [3.05, 3.63) is 29.8 Å². The second kappa shape index (κ2) is 6.24. The minimum atomic E-state index is -3.54. The summed E-state index contributed by atoms with van der Waals surface area (Å²) in [5.74, 6) is 0. The monoisotopic (exact) mass is 297 g/mol. The van der Waals surface area contributed by atoms with Gasteiger partial charge < -0.3 is 5.11 Å². The minimum absolute atomic E-state index is 0.100. The summed E-state index contributed by atoms with van der Waals surface area (Å²) in [7, 11) is -3.54. The van der Waals surface area contributed by atoms with Gasteiger partial charge in [0.25, 0.3) is 0 Å². The second-order valence-corrected chi connectivity index (χ2v) is 7.55. The van der Waals surface area contributed by atoms with Gasteiger partial charge in [-0.15, -0.1) is 0 Å². The van der Waals surface area contributed by atoms with Crippen LogP contribution in [0.4, 0.5) is 0 Å². The Morgan fingerprint density at radius 3 is 2.45 bits per heavy atom. The van der Waals surface area contributed by atoms with Crippen molar-refractivity contribution in [2.75, 3.05) is 6.54 Å². The van der Waals surface area contributed by atoms with Crippen molar-refractivity contribution < 1.29 is 13.5 Å². The van der Waals surface area contributed by atoms with Gasteiger partial charge in [-0.05, 0) is 37.5 Å². The first-order valence-electron chi connectivity index (χ1n) is 7.20. The summed E-state index contributed by atoms with van der Waals surface area (Å²) in [6.45, 7) is 1.96. The predicted molar refractivity (Wildman–Crippen MR) is 79.0 cm³/mol. The van der Waals surface area contributed by atoms with E-state index in [9.17, 15) is 13.5 Å². The van der Waals surface area contributed by atoms with E-state index >= 15 is 0 Å². The molecule has 1 fully saturated rings. The molecule has 2 rings (SSSR count). The number of benzene rings is 1. The average molecular weight is 297 g/mol. The second-order valence-electron chi connectivity index (χ2n) is 5.78. The van der Waals surface area contributed by atoms with E-state index in [1.807, 2.05) is 13.0 Å². The van der Waals surface area contributed by atoms with Crippen LogP contribution in [0, 0.1) is 6.92 Å². The van der Waals surface area contributed by atoms with E-state index in [0.29, 0.717) is 12.8 Å². The summed E-state index contributed by atoms with van der Waals surface area (Å²) in [6.07, 6.45) is 5.50. The van der Waals surface area contributed by atoms with Crippen molar-refractivity contribution in [2.45, 2.75) is 55.9 Å². The molecule has 4 nitrogen and oxygen atoms in total. The quantitative estimate of drug-likeness (QED) is 0.838. The third-order valence-electron chi connectivity index (χ3n) is 3.93. The first-order valence-corrected chi connectivity index (χ1v) is 8.68. The normalized spacial score (nSPS) is 19.5. The highest BCUT2D eigenvalue weighted by Gasteiger charge is 2.29. The summed E-state index contributed by atoms with van der Waals surface area (Å²) in [5.41, 5.74) is 0.00831. The molecule has 1 saturated carbocycles. The SMILES string of the molecule is Cc1cccc(S(=O)(=O)NCC2(O)CCCCCC2)c1. The largest absolute Gasteiger partial charge is 0.389 e. The smallest absolute Gasteiger partial charge is 0.240 e. The summed E-state index contributed by atoms with van der Waals surface area (Å²) in [6, 6.07) is 6.80. The van der Waals surface area contributed by atoms with Crippen LogP contribution < -0.4 is 4.72 Å². The van der Waals surface area contributed by atoms with Gasteiger partial charge in [-0.1, -0.05) is 37.8 Å². The maximum atomic E-state index is 12.2. The highest BCUT2D eigenvalue weighted by molar-refractivity contribution is 7.89. The number of nitrogens with one attached hydrogen (secondary N) is 1. The molecule has 0 unspecified atom stereocenters. The fourth-order valence-electron chi connectivity index (χ4n) is 2.66. The Morgan fingerprint density at radius 2 is 1.85 bits per heavy atom. The lowest BCUT2D eigenvalue weighted by molar-refractivity contribution is 0.0303. The molecule has 0 aliphatic heterocycles. The minimum Gasteiger partial charge on any atom is -0.389 e. The molecule has 0 atom stereocenters. The molecule has 0 heterocycles. The lowest BCUT2D eigenvalue weighted by atomic mass is 9.95. The van der Waals surface area contributed by atoms with Gasteiger partial charge in [0.1, 0.15) is 0 Å². The third-order valence-corrected chi connectivity index (χ3v) is 5.32. The Hall–Kier alpha value is -0.910. The Morgan fingerprint density at radius 1 is 1.20 bits per heavy atom. The lowest BCUT2D eigenvalue weighted by Crippen LogP contribution is -2.42. The van der Waals surface area contributed by atoms with Crippen LogP contribution in [0.3, 0.4) is 0 Å². The van der Waals surface area contributed by atoms with Gasteiger partial charge >= 0.3 is 0 Å². The van der Waals surface area contributed by atoms with Crippen LogP contribution in [0.5, 0.6) is 0 Å². The van der Waals surface area contributed by atoms with Crippen molar-refractivity contribution in [1.82, 2.24) is 4.72 Å². The molecule has 1 aromatic rings. The van der Waals surface area contributed by atoms with Gasteiger partial charge in [-0.25, -0.2) is 13.1 Å². The molecule has 1 aliphatic carbocycles. The molecule has 1 aliphatic rings. The van der Waals surface area contributed by atoms with Crippen LogP contribution in [0.1, 0.15) is 44.1 Å². The van der Waals surface area contributed by atoms with E-state index in [1.165, 1.54) is 0 Å². The average Bonchev–Trinajstić information content (AvgIpc) is 2.62. The molecule has 2 N–H and O–H groups in total. The van der Waals surface area contributed by atoms with E-state index < -0.39 is 15.6 Å². The van der Waals surface area contributed by atoms with E-state index in [-0.39, 0.29) is 11.4 Å². The van der Waals surface area contributed by atoms with Gasteiger partial charge in [0.05, 0.1) is 10.5 Å². The molecule has 20 heavy (non-hydrogen) atoms. The molecule has 5 heteroatoms. The molecule has 0 aromatic heterocycles. The van der Waals surface area contributed by atoms with Crippen LogP contribution in [0.2, 0.25) is 0 Å². The summed E-state index contributed by atoms with van der Waals surface area (Å²) < 4.78 is 27.0. The number of aryl methyl sites for hydroxylation is 1. The van der Waals surface area contributed by atoms with Crippen LogP contribution in [-0.4, -0.2) is 25.7 Å². The van der Waals surface area contributed by atoms with E-state index in [2.05, 4.69) is 4.72 Å². The molecular weight excluding hydrogens is 274 g/mol. The van der Waals surface area contributed by atoms with Crippen molar-refractivity contribution in [2.24, 2.45) is 0 Å². The van der Waals surface area contributed by atoms with Gasteiger partial charge in [0, 0.05) is 6.54 Å². The van der Waals surface area contributed by atoms with Crippen molar-refractivity contribution in [3.8, 4) is 0 Å². The van der Waals surface area contributed by atoms with E-state index in [1.54, 1.807) is 18.2 Å². The lowest BCUT2D eigenvalue weighted by Gasteiger charge is -2.26. The Bertz CT molecular complexity index is 546. The summed E-state index contributed by atoms with van der Waals surface area (Å²) in [5, 5.41) is 10.5. The van der Waals surface area contributed by atoms with Crippen molar-refractivity contribution >= 4 is 10.0 Å². The highest BCUT2D eigenvalue weighted by atomic mass is 32.2. The van der Waals surface area contributed by atoms with Gasteiger partial charge in [-0.3, -0.25) is 0 Å². The van der Waals surface area contributed by atoms with Crippen molar-refractivity contribution in [1.29, 1.82) is 0 Å². The molecule has 112 valence electrons. The topological polar surface area (TPSA) is 66.4 Å². The van der Waals surface area contributed by atoms with Crippen LogP contribution in [0.25, 0.3) is 0 Å².